The highest BCUT2D eigenvalue weighted by Gasteiger charge is 2.45. The summed E-state index contributed by atoms with van der Waals surface area (Å²) in [7, 11) is 0. The summed E-state index contributed by atoms with van der Waals surface area (Å²) in [6.45, 7) is 6.94. The number of fused-ring (bicyclic) bond motifs is 5. The average molecular weight is 683 g/mol. The first-order valence-electron chi connectivity index (χ1n) is 18.4. The summed E-state index contributed by atoms with van der Waals surface area (Å²) in [5.74, 6) is 1.73. The molecular formula is C50H38N2O. The minimum absolute atomic E-state index is 0.401. The third kappa shape index (κ3) is 4.88. The highest BCUT2D eigenvalue weighted by molar-refractivity contribution is 6.01. The van der Waals surface area contributed by atoms with Gasteiger partial charge in [-0.1, -0.05) is 147 Å². The summed E-state index contributed by atoms with van der Waals surface area (Å²) in [5, 5.41) is 2.42. The molecule has 8 aromatic rings. The van der Waals surface area contributed by atoms with Crippen molar-refractivity contribution in [3.63, 3.8) is 0 Å². The summed E-state index contributed by atoms with van der Waals surface area (Å²) in [6, 6.07) is 63.5. The Balaban J connectivity index is 1.29. The molecule has 0 radical (unpaired) electrons. The quantitative estimate of drug-likeness (QED) is 0.180. The third-order valence-electron chi connectivity index (χ3n) is 11.1. The highest BCUT2D eigenvalue weighted by Crippen LogP contribution is 2.63. The van der Waals surface area contributed by atoms with Crippen molar-refractivity contribution in [2.75, 3.05) is 9.80 Å². The molecule has 2 heterocycles. The summed E-state index contributed by atoms with van der Waals surface area (Å²) in [4.78, 5) is 4.96. The Kier molecular flexibility index (Phi) is 7.06. The minimum atomic E-state index is -0.401. The Hall–Kier alpha value is -6.58. The standard InChI is InChI=1S/C50H38N2O/c1-33-15-14-24-45-48(33)52-44-32-38(34-16-6-4-7-17-34)26-28-41(44)50(2,3)47-43(29-30-46(53-45)49(47)52)51(39-27-25-35-18-10-11-21-37(35)31-39)42-23-13-12-22-40(42)36-19-8-5-9-20-36/h4-32H,1-3H3. The van der Waals surface area contributed by atoms with E-state index >= 15 is 0 Å². The average Bonchev–Trinajstić information content (AvgIpc) is 3.20. The Bertz CT molecular complexity index is 2700. The van der Waals surface area contributed by atoms with E-state index in [1.807, 2.05) is 0 Å². The molecule has 0 bridgehead atoms. The van der Waals surface area contributed by atoms with Crippen molar-refractivity contribution < 1.29 is 4.74 Å². The summed E-state index contributed by atoms with van der Waals surface area (Å²) in [6.07, 6.45) is 0. The number of nitrogens with zero attached hydrogens (tertiary/aromatic N) is 2. The number of anilines is 6. The van der Waals surface area contributed by atoms with E-state index in [4.69, 9.17) is 4.74 Å². The van der Waals surface area contributed by atoms with Gasteiger partial charge in [-0.25, -0.2) is 0 Å². The van der Waals surface area contributed by atoms with E-state index in [1.54, 1.807) is 0 Å². The van der Waals surface area contributed by atoms with Crippen molar-refractivity contribution in [2.45, 2.75) is 26.2 Å². The van der Waals surface area contributed by atoms with Crippen LogP contribution in [-0.2, 0) is 5.41 Å². The second-order valence-corrected chi connectivity index (χ2v) is 14.6. The normalized spacial score (nSPS) is 13.5. The van der Waals surface area contributed by atoms with Gasteiger partial charge in [0.2, 0.25) is 0 Å². The lowest BCUT2D eigenvalue weighted by molar-refractivity contribution is 0.471. The SMILES string of the molecule is Cc1cccc2c1N1c3cc(-c4ccccc4)ccc3C(C)(C)c3c(N(c4ccc5ccccc5c4)c4ccccc4-c4ccccc4)ccc(c31)O2. The fourth-order valence-electron chi connectivity index (χ4n) is 8.58. The van der Waals surface area contributed by atoms with E-state index in [-0.39, 0.29) is 0 Å². The van der Waals surface area contributed by atoms with Crippen LogP contribution in [0, 0.1) is 6.92 Å². The van der Waals surface area contributed by atoms with E-state index in [1.165, 1.54) is 55.4 Å². The molecule has 254 valence electrons. The zero-order valence-electron chi connectivity index (χ0n) is 30.0. The Morgan fingerprint density at radius 1 is 0.509 bits per heavy atom. The second kappa shape index (κ2) is 12.0. The Morgan fingerprint density at radius 2 is 1.21 bits per heavy atom. The fraction of sp³-hybridized carbons (Fsp3) is 0.0800. The van der Waals surface area contributed by atoms with E-state index in [2.05, 4.69) is 206 Å². The number of aryl methyl sites for hydroxylation is 1. The van der Waals surface area contributed by atoms with Crippen LogP contribution >= 0.6 is 0 Å². The number of hydrogen-bond acceptors (Lipinski definition) is 3. The first-order valence-corrected chi connectivity index (χ1v) is 18.4. The van der Waals surface area contributed by atoms with Gasteiger partial charge in [0, 0.05) is 22.2 Å². The molecule has 0 spiro atoms. The van der Waals surface area contributed by atoms with Gasteiger partial charge in [0.15, 0.2) is 11.5 Å². The lowest BCUT2D eigenvalue weighted by Gasteiger charge is -2.47. The Morgan fingerprint density at radius 3 is 2.02 bits per heavy atom. The number of para-hydroxylation sites is 2. The highest BCUT2D eigenvalue weighted by atomic mass is 16.5. The molecule has 0 saturated heterocycles. The largest absolute Gasteiger partial charge is 0.453 e. The topological polar surface area (TPSA) is 15.7 Å². The minimum Gasteiger partial charge on any atom is -0.453 e. The molecule has 3 nitrogen and oxygen atoms in total. The van der Waals surface area contributed by atoms with Crippen LogP contribution in [-0.4, -0.2) is 0 Å². The maximum Gasteiger partial charge on any atom is 0.152 e. The molecule has 8 aromatic carbocycles. The van der Waals surface area contributed by atoms with Crippen molar-refractivity contribution in [2.24, 2.45) is 0 Å². The number of hydrogen-bond donors (Lipinski definition) is 0. The van der Waals surface area contributed by atoms with Crippen LogP contribution < -0.4 is 14.5 Å². The van der Waals surface area contributed by atoms with Crippen LogP contribution in [0.15, 0.2) is 176 Å². The van der Waals surface area contributed by atoms with Gasteiger partial charge in [0.05, 0.1) is 28.4 Å². The molecule has 0 saturated carbocycles. The van der Waals surface area contributed by atoms with Gasteiger partial charge in [0.1, 0.15) is 0 Å². The first-order chi connectivity index (χ1) is 26.0. The van der Waals surface area contributed by atoms with Crippen molar-refractivity contribution >= 4 is 44.9 Å². The molecule has 10 rings (SSSR count). The third-order valence-corrected chi connectivity index (χ3v) is 11.1. The monoisotopic (exact) mass is 682 g/mol. The molecular weight excluding hydrogens is 645 g/mol. The molecule has 0 aliphatic carbocycles. The molecule has 2 aliphatic heterocycles. The van der Waals surface area contributed by atoms with Crippen molar-refractivity contribution in [3.05, 3.63) is 193 Å². The zero-order valence-corrected chi connectivity index (χ0v) is 30.0. The van der Waals surface area contributed by atoms with Crippen LogP contribution in [0.5, 0.6) is 11.5 Å². The Labute approximate surface area is 311 Å². The maximum atomic E-state index is 6.86. The second-order valence-electron chi connectivity index (χ2n) is 14.6. The van der Waals surface area contributed by atoms with Crippen LogP contribution in [0.4, 0.5) is 34.1 Å². The summed E-state index contributed by atoms with van der Waals surface area (Å²) in [5.41, 5.74) is 14.7. The zero-order chi connectivity index (χ0) is 35.7. The van der Waals surface area contributed by atoms with Crippen LogP contribution in [0.3, 0.4) is 0 Å². The molecule has 0 amide bonds. The van der Waals surface area contributed by atoms with Crippen molar-refractivity contribution in [1.29, 1.82) is 0 Å². The summed E-state index contributed by atoms with van der Waals surface area (Å²) >= 11 is 0. The van der Waals surface area contributed by atoms with Gasteiger partial charge in [-0.05, 0) is 88.0 Å². The molecule has 0 unspecified atom stereocenters. The van der Waals surface area contributed by atoms with Gasteiger partial charge in [-0.3, -0.25) is 0 Å². The van der Waals surface area contributed by atoms with Gasteiger partial charge < -0.3 is 14.5 Å². The van der Waals surface area contributed by atoms with E-state index < -0.39 is 5.41 Å². The number of ether oxygens (including phenoxy) is 1. The number of rotatable bonds is 5. The van der Waals surface area contributed by atoms with E-state index in [0.29, 0.717) is 0 Å². The maximum absolute atomic E-state index is 6.86. The lowest BCUT2D eigenvalue weighted by atomic mass is 9.71. The van der Waals surface area contributed by atoms with Gasteiger partial charge in [-0.2, -0.15) is 0 Å². The number of benzene rings is 8. The predicted octanol–water partition coefficient (Wildman–Crippen LogP) is 14.2. The van der Waals surface area contributed by atoms with Gasteiger partial charge in [0.25, 0.3) is 0 Å². The van der Waals surface area contributed by atoms with Gasteiger partial charge >= 0.3 is 0 Å². The molecule has 2 aliphatic rings. The van der Waals surface area contributed by atoms with E-state index in [0.717, 1.165) is 39.9 Å². The van der Waals surface area contributed by atoms with Crippen LogP contribution in [0.25, 0.3) is 33.0 Å². The van der Waals surface area contributed by atoms with Crippen LogP contribution in [0.1, 0.15) is 30.5 Å². The van der Waals surface area contributed by atoms with E-state index in [9.17, 15) is 0 Å². The fourth-order valence-corrected chi connectivity index (χ4v) is 8.58. The van der Waals surface area contributed by atoms with Crippen molar-refractivity contribution in [3.8, 4) is 33.8 Å². The lowest BCUT2D eigenvalue weighted by Crippen LogP contribution is -2.34. The molecule has 0 N–H and O–H groups in total. The van der Waals surface area contributed by atoms with Crippen molar-refractivity contribution in [1.82, 2.24) is 0 Å². The predicted molar refractivity (Wildman–Crippen MR) is 221 cm³/mol. The smallest absolute Gasteiger partial charge is 0.152 e. The molecule has 0 atom stereocenters. The molecule has 53 heavy (non-hydrogen) atoms. The molecule has 3 heteroatoms. The first kappa shape index (κ1) is 31.2. The molecule has 0 aromatic heterocycles. The molecule has 0 fully saturated rings. The summed E-state index contributed by atoms with van der Waals surface area (Å²) < 4.78 is 6.86. The van der Waals surface area contributed by atoms with Gasteiger partial charge in [-0.15, -0.1) is 0 Å². The van der Waals surface area contributed by atoms with Crippen LogP contribution in [0.2, 0.25) is 0 Å².